The van der Waals surface area contributed by atoms with E-state index in [0.29, 0.717) is 0 Å². The maximum atomic E-state index is 11.0. The number of hydrogen-bond acceptors (Lipinski definition) is 5. The molecule has 0 aromatic carbocycles. The first-order chi connectivity index (χ1) is 3.71. The van der Waals surface area contributed by atoms with Crippen molar-refractivity contribution in [1.82, 2.24) is 0 Å². The Labute approximate surface area is 67.6 Å². The summed E-state index contributed by atoms with van der Waals surface area (Å²) in [6.45, 7) is 0. The molecule has 10 heteroatoms. The van der Waals surface area contributed by atoms with Gasteiger partial charge in [0, 0.05) is 0 Å². The van der Waals surface area contributed by atoms with E-state index < -0.39 is 18.4 Å². The van der Waals surface area contributed by atoms with Crippen LogP contribution in [0.25, 0.3) is 0 Å². The molecule has 0 aromatic rings. The second-order valence-electron chi connectivity index (χ2n) is 0.897. The quantitative estimate of drug-likeness (QED) is 0.207. The van der Waals surface area contributed by atoms with Crippen LogP contribution in [0.15, 0.2) is 0 Å². The summed E-state index contributed by atoms with van der Waals surface area (Å²) in [6, 6.07) is 0. The van der Waals surface area contributed by atoms with E-state index in [2.05, 4.69) is 3.97 Å². The molecule has 0 rings (SSSR count). The van der Waals surface area contributed by atoms with Gasteiger partial charge < -0.3 is 4.55 Å². The molecule has 10 heavy (non-hydrogen) atoms. The van der Waals surface area contributed by atoms with Gasteiger partial charge in [-0.2, -0.15) is 3.97 Å². The van der Waals surface area contributed by atoms with Crippen LogP contribution >= 0.6 is 7.99 Å². The minimum atomic E-state index is -6.19. The Bertz CT molecular complexity index is 226. The van der Waals surface area contributed by atoms with E-state index in [9.17, 15) is 21.4 Å². The summed E-state index contributed by atoms with van der Waals surface area (Å²) < 4.78 is 61.0. The van der Waals surface area contributed by atoms with Crippen molar-refractivity contribution in [3.05, 3.63) is 0 Å². The van der Waals surface area contributed by atoms with Crippen LogP contribution in [0.2, 0.25) is 0 Å². The zero-order valence-corrected chi connectivity index (χ0v) is 6.36. The number of halogens is 2. The smallest absolute Gasteiger partial charge is 0.725 e. The van der Waals surface area contributed by atoms with E-state index in [-0.39, 0.29) is 18.9 Å². The van der Waals surface area contributed by atoms with Crippen LogP contribution in [0.1, 0.15) is 0 Å². The van der Waals surface area contributed by atoms with Gasteiger partial charge in [-0.3, -0.25) is 0 Å². The first kappa shape index (κ1) is 13.2. The molecule has 0 saturated heterocycles. The van der Waals surface area contributed by atoms with E-state index in [0.717, 1.165) is 0 Å². The summed E-state index contributed by atoms with van der Waals surface area (Å²) >= 11 is 0. The molecule has 0 aliphatic heterocycles. The molecule has 0 saturated carbocycles. The molecule has 0 aliphatic carbocycles. The van der Waals surface area contributed by atoms with Crippen molar-refractivity contribution >= 4 is 18.4 Å². The number of rotatable bonds is 2. The zero-order valence-electron chi connectivity index (χ0n) is 4.65. The van der Waals surface area contributed by atoms with Crippen LogP contribution < -0.4 is 18.9 Å². The van der Waals surface area contributed by atoms with Crippen molar-refractivity contribution in [1.29, 1.82) is 0 Å². The van der Waals surface area contributed by atoms with Gasteiger partial charge in [-0.25, -0.2) is 13.0 Å². The summed E-state index contributed by atoms with van der Waals surface area (Å²) in [7, 11) is -11.7. The van der Waals surface area contributed by atoms with E-state index in [1.807, 2.05) is 0 Å². The SMILES string of the molecule is O=P(F)(F)OS(=O)(=O)[O-].[Li+]. The van der Waals surface area contributed by atoms with Crippen molar-refractivity contribution in [2.75, 3.05) is 0 Å². The monoisotopic (exact) mass is 188 g/mol. The van der Waals surface area contributed by atoms with Crippen molar-refractivity contribution in [3.63, 3.8) is 0 Å². The third-order valence-corrected chi connectivity index (χ3v) is 1.60. The Morgan fingerprint density at radius 1 is 1.40 bits per heavy atom. The number of hydrogen-bond donors (Lipinski definition) is 0. The predicted octanol–water partition coefficient (Wildman–Crippen LogP) is -2.49. The maximum Gasteiger partial charge on any atom is 1.00 e. The Kier molecular flexibility index (Phi) is 5.01. The van der Waals surface area contributed by atoms with Crippen LogP contribution in [0, 0.1) is 0 Å². The van der Waals surface area contributed by atoms with Crippen LogP contribution in [0.4, 0.5) is 8.39 Å². The van der Waals surface area contributed by atoms with Crippen molar-refractivity contribution in [2.24, 2.45) is 0 Å². The van der Waals surface area contributed by atoms with Gasteiger partial charge in [0.1, 0.15) is 0 Å². The predicted molar refractivity (Wildman–Crippen MR) is 20.6 cm³/mol. The Morgan fingerprint density at radius 3 is 1.70 bits per heavy atom. The second-order valence-corrected chi connectivity index (χ2v) is 3.14. The Balaban J connectivity index is 0. The molecule has 0 radical (unpaired) electrons. The molecule has 56 valence electrons. The largest absolute Gasteiger partial charge is 1.00 e. The molecular formula is F2LiO5PS. The Hall–Kier alpha value is 0.557. The summed E-state index contributed by atoms with van der Waals surface area (Å²) in [5.74, 6) is 0. The molecule has 0 aliphatic rings. The molecule has 0 atom stereocenters. The van der Waals surface area contributed by atoms with E-state index in [4.69, 9.17) is 4.57 Å². The van der Waals surface area contributed by atoms with Gasteiger partial charge in [0.05, 0.1) is 0 Å². The van der Waals surface area contributed by atoms with Crippen LogP contribution in [-0.2, 0) is 18.9 Å². The second kappa shape index (κ2) is 3.81. The van der Waals surface area contributed by atoms with E-state index in [1.165, 1.54) is 0 Å². The van der Waals surface area contributed by atoms with Gasteiger partial charge in [0.25, 0.3) is 0 Å². The molecule has 0 aromatic heterocycles. The summed E-state index contributed by atoms with van der Waals surface area (Å²) in [5.41, 5.74) is 0. The third kappa shape index (κ3) is 11.4. The molecule has 0 bridgehead atoms. The molecule has 0 amide bonds. The van der Waals surface area contributed by atoms with Gasteiger partial charge in [0.2, 0.25) is 10.4 Å². The summed E-state index contributed by atoms with van der Waals surface area (Å²) in [6.07, 6.45) is 0. The van der Waals surface area contributed by atoms with E-state index in [1.54, 1.807) is 0 Å². The van der Waals surface area contributed by atoms with E-state index >= 15 is 0 Å². The van der Waals surface area contributed by atoms with Gasteiger partial charge in [-0.15, -0.1) is 8.39 Å². The van der Waals surface area contributed by atoms with Gasteiger partial charge in [0.15, 0.2) is 0 Å². The maximum absolute atomic E-state index is 11.0. The van der Waals surface area contributed by atoms with Crippen LogP contribution in [-0.4, -0.2) is 13.0 Å². The average Bonchev–Trinajstić information content (AvgIpc) is 1.14. The standard InChI is InChI=1S/F2HO5PS.Li/c1-8(2,3)7-9(4,5)6;/h(H,4,5,6);/q;+1/p-1. The first-order valence-electron chi connectivity index (χ1n) is 1.37. The zero-order chi connectivity index (χ0) is 7.71. The normalized spacial score (nSPS) is 12.3. The first-order valence-corrected chi connectivity index (χ1v) is 4.11. The molecule has 5 nitrogen and oxygen atoms in total. The minimum absolute atomic E-state index is 0. The van der Waals surface area contributed by atoms with Crippen molar-refractivity contribution < 1.29 is 48.8 Å². The van der Waals surface area contributed by atoms with Crippen molar-refractivity contribution in [3.8, 4) is 0 Å². The molecular weight excluding hydrogens is 188 g/mol. The fraction of sp³-hybridized carbons (Fsp3) is 0. The van der Waals surface area contributed by atoms with Crippen LogP contribution in [0.3, 0.4) is 0 Å². The molecule has 0 unspecified atom stereocenters. The van der Waals surface area contributed by atoms with Gasteiger partial charge >= 0.3 is 26.9 Å². The third-order valence-electron chi connectivity index (χ3n) is 0.178. The Morgan fingerprint density at radius 2 is 1.70 bits per heavy atom. The fourth-order valence-corrected chi connectivity index (χ4v) is 0.956. The topological polar surface area (TPSA) is 83.5 Å². The summed E-state index contributed by atoms with van der Waals surface area (Å²) in [5, 5.41) is 0. The molecule has 0 spiro atoms. The van der Waals surface area contributed by atoms with Gasteiger partial charge in [-0.05, 0) is 0 Å². The molecule has 0 N–H and O–H groups in total. The fourth-order valence-electron chi connectivity index (χ4n) is 0.106. The van der Waals surface area contributed by atoms with Gasteiger partial charge in [-0.1, -0.05) is 0 Å². The van der Waals surface area contributed by atoms with Crippen LogP contribution in [0.5, 0.6) is 0 Å². The molecule has 0 fully saturated rings. The molecule has 0 heterocycles. The summed E-state index contributed by atoms with van der Waals surface area (Å²) in [4.78, 5) is 0. The van der Waals surface area contributed by atoms with Crippen molar-refractivity contribution in [2.45, 2.75) is 0 Å². The average molecular weight is 188 g/mol. The minimum Gasteiger partial charge on any atom is -0.725 e.